The second-order valence-electron chi connectivity index (χ2n) is 11.3. The Morgan fingerprint density at radius 2 is 1.97 bits per heavy atom. The Hall–Kier alpha value is -0.930. The molecule has 0 unspecified atom stereocenters. The van der Waals surface area contributed by atoms with Crippen LogP contribution in [0.2, 0.25) is 0 Å². The van der Waals surface area contributed by atoms with E-state index >= 15 is 4.39 Å². The van der Waals surface area contributed by atoms with Crippen molar-refractivity contribution in [2.45, 2.75) is 110 Å². The van der Waals surface area contributed by atoms with E-state index in [-0.39, 0.29) is 17.4 Å². The van der Waals surface area contributed by atoms with Crippen molar-refractivity contribution in [2.75, 3.05) is 0 Å². The molecule has 3 fully saturated rings. The van der Waals surface area contributed by atoms with E-state index in [0.29, 0.717) is 24.7 Å². The Kier molecular flexibility index (Phi) is 7.34. The zero-order chi connectivity index (χ0) is 22.1. The summed E-state index contributed by atoms with van der Waals surface area (Å²) in [5.74, 6) is 0.981. The van der Waals surface area contributed by atoms with E-state index in [9.17, 15) is 10.2 Å². The van der Waals surface area contributed by atoms with Crippen LogP contribution >= 0.6 is 0 Å². The summed E-state index contributed by atoms with van der Waals surface area (Å²) in [5.41, 5.74) is 3.26. The first kappa shape index (κ1) is 23.7. The van der Waals surface area contributed by atoms with Gasteiger partial charge in [0.1, 0.15) is 6.17 Å². The summed E-state index contributed by atoms with van der Waals surface area (Å²) in [7, 11) is 0. The van der Waals surface area contributed by atoms with Crippen LogP contribution in [0.25, 0.3) is 0 Å². The number of rotatable bonds is 6. The van der Waals surface area contributed by atoms with Crippen LogP contribution in [-0.4, -0.2) is 28.1 Å². The quantitative estimate of drug-likeness (QED) is 0.505. The maximum Gasteiger partial charge on any atom is 0.103 e. The van der Waals surface area contributed by atoms with E-state index in [0.717, 1.165) is 38.5 Å². The summed E-state index contributed by atoms with van der Waals surface area (Å²) in [4.78, 5) is 0. The van der Waals surface area contributed by atoms with Crippen molar-refractivity contribution in [3.8, 4) is 0 Å². The van der Waals surface area contributed by atoms with Gasteiger partial charge in [-0.2, -0.15) is 0 Å². The third-order valence-corrected chi connectivity index (χ3v) is 8.46. The van der Waals surface area contributed by atoms with Crippen molar-refractivity contribution >= 4 is 0 Å². The number of alkyl halides is 1. The summed E-state index contributed by atoms with van der Waals surface area (Å²) in [6.07, 6.45) is 12.6. The highest BCUT2D eigenvalue weighted by atomic mass is 19.1. The van der Waals surface area contributed by atoms with Crippen LogP contribution in [0, 0.1) is 23.2 Å². The van der Waals surface area contributed by atoms with Crippen molar-refractivity contribution in [3.05, 3.63) is 35.5 Å². The molecule has 0 aliphatic heterocycles. The first-order valence-corrected chi connectivity index (χ1v) is 12.1. The molecule has 0 radical (unpaired) electrons. The van der Waals surface area contributed by atoms with E-state index in [1.165, 1.54) is 29.6 Å². The molecule has 3 heteroatoms. The first-order valence-electron chi connectivity index (χ1n) is 12.1. The van der Waals surface area contributed by atoms with Gasteiger partial charge in [0.15, 0.2) is 0 Å². The lowest BCUT2D eigenvalue weighted by molar-refractivity contribution is 0.0302. The smallest absolute Gasteiger partial charge is 0.103 e. The summed E-state index contributed by atoms with van der Waals surface area (Å²) in [6.45, 7) is 12.2. The molecule has 30 heavy (non-hydrogen) atoms. The lowest BCUT2D eigenvalue weighted by atomic mass is 9.60. The Labute approximate surface area is 183 Å². The Morgan fingerprint density at radius 3 is 2.67 bits per heavy atom. The van der Waals surface area contributed by atoms with Gasteiger partial charge in [0.05, 0.1) is 11.7 Å². The SMILES string of the molecule is C=C1CC[C@H](O)C/C1=C/C=C1\CCC[C@]2(C)[C@@H]([C@H](C)[C@H](F)CCC(C)(C)O)CC[C@@H]12. The molecule has 3 aliphatic carbocycles. The van der Waals surface area contributed by atoms with E-state index < -0.39 is 11.8 Å². The number of aliphatic hydroxyl groups excluding tert-OH is 1. The number of hydrogen-bond acceptors (Lipinski definition) is 2. The molecule has 0 saturated heterocycles. The second kappa shape index (κ2) is 9.28. The molecule has 6 atom stereocenters. The van der Waals surface area contributed by atoms with Crippen molar-refractivity contribution in [1.82, 2.24) is 0 Å². The fourth-order valence-electron chi connectivity index (χ4n) is 6.54. The van der Waals surface area contributed by atoms with Gasteiger partial charge in [0, 0.05) is 0 Å². The molecule has 0 bridgehead atoms. The topological polar surface area (TPSA) is 40.5 Å². The molecule has 2 N–H and O–H groups in total. The van der Waals surface area contributed by atoms with Gasteiger partial charge in [0.2, 0.25) is 0 Å². The zero-order valence-electron chi connectivity index (χ0n) is 19.6. The third kappa shape index (κ3) is 5.27. The van der Waals surface area contributed by atoms with Gasteiger partial charge in [-0.05, 0) is 107 Å². The molecular formula is C27H43FO2. The minimum absolute atomic E-state index is 0.0355. The Bertz CT molecular complexity index is 685. The molecule has 0 aromatic heterocycles. The van der Waals surface area contributed by atoms with Crippen molar-refractivity contribution in [3.63, 3.8) is 0 Å². The zero-order valence-corrected chi connectivity index (χ0v) is 19.6. The first-order chi connectivity index (χ1) is 14.0. The molecule has 3 aliphatic rings. The van der Waals surface area contributed by atoms with Crippen LogP contribution in [0.4, 0.5) is 4.39 Å². The molecule has 0 spiro atoms. The molecule has 170 valence electrons. The van der Waals surface area contributed by atoms with Crippen LogP contribution in [0.5, 0.6) is 0 Å². The maximum absolute atomic E-state index is 15.1. The third-order valence-electron chi connectivity index (χ3n) is 8.46. The minimum atomic E-state index is -0.847. The van der Waals surface area contributed by atoms with Crippen molar-refractivity contribution in [2.24, 2.45) is 23.2 Å². The second-order valence-corrected chi connectivity index (χ2v) is 11.3. The fraction of sp³-hybridized carbons (Fsp3) is 0.778. The normalized spacial score (nSPS) is 37.4. The van der Waals surface area contributed by atoms with E-state index in [1.807, 2.05) is 0 Å². The molecule has 3 saturated carbocycles. The number of halogens is 1. The van der Waals surface area contributed by atoms with Gasteiger partial charge in [0.25, 0.3) is 0 Å². The summed E-state index contributed by atoms with van der Waals surface area (Å²) < 4.78 is 15.1. The Morgan fingerprint density at radius 1 is 1.23 bits per heavy atom. The van der Waals surface area contributed by atoms with Crippen LogP contribution in [0.15, 0.2) is 35.5 Å². The molecular weight excluding hydrogens is 375 g/mol. The predicted octanol–water partition coefficient (Wildman–Crippen LogP) is 6.68. The molecule has 3 rings (SSSR count). The van der Waals surface area contributed by atoms with Gasteiger partial charge >= 0.3 is 0 Å². The summed E-state index contributed by atoms with van der Waals surface area (Å²) in [5, 5.41) is 20.0. The lowest BCUT2D eigenvalue weighted by Crippen LogP contribution is -2.38. The van der Waals surface area contributed by atoms with Gasteiger partial charge < -0.3 is 10.2 Å². The number of fused-ring (bicyclic) bond motifs is 1. The monoisotopic (exact) mass is 418 g/mol. The number of hydrogen-bond donors (Lipinski definition) is 2. The molecule has 2 nitrogen and oxygen atoms in total. The van der Waals surface area contributed by atoms with Crippen LogP contribution < -0.4 is 0 Å². The Balaban J connectivity index is 1.72. The molecule has 0 aromatic carbocycles. The minimum Gasteiger partial charge on any atom is -0.393 e. The number of aliphatic hydroxyl groups is 2. The maximum atomic E-state index is 15.1. The van der Waals surface area contributed by atoms with E-state index in [1.54, 1.807) is 13.8 Å². The largest absolute Gasteiger partial charge is 0.393 e. The average molecular weight is 419 g/mol. The molecule has 0 heterocycles. The van der Waals surface area contributed by atoms with Crippen molar-refractivity contribution in [1.29, 1.82) is 0 Å². The summed E-state index contributed by atoms with van der Waals surface area (Å²) in [6, 6.07) is 0. The lowest BCUT2D eigenvalue weighted by Gasteiger charge is -2.45. The van der Waals surface area contributed by atoms with Crippen LogP contribution in [0.1, 0.15) is 91.9 Å². The average Bonchev–Trinajstić information content (AvgIpc) is 3.03. The van der Waals surface area contributed by atoms with Crippen LogP contribution in [0.3, 0.4) is 0 Å². The van der Waals surface area contributed by atoms with Crippen molar-refractivity contribution < 1.29 is 14.6 Å². The van der Waals surface area contributed by atoms with Gasteiger partial charge in [-0.25, -0.2) is 4.39 Å². The highest BCUT2D eigenvalue weighted by Crippen LogP contribution is 2.60. The van der Waals surface area contributed by atoms with Gasteiger partial charge in [-0.15, -0.1) is 0 Å². The standard InChI is InChI=1S/C27H43FO2/c1-18-8-11-22(29)17-21(18)10-9-20-7-6-15-27(5)23(12-13-24(20)27)19(2)25(28)14-16-26(3,4)30/h9-10,19,22-25,29-30H,1,6-8,11-17H2,2-5H3/b20-9+,21-10-/t19-,22-,23+,24-,25+,27+/m0/s1. The fourth-order valence-corrected chi connectivity index (χ4v) is 6.54. The predicted molar refractivity (Wildman–Crippen MR) is 123 cm³/mol. The molecule has 0 aromatic rings. The number of allylic oxidation sites excluding steroid dienone is 4. The van der Waals surface area contributed by atoms with E-state index in [4.69, 9.17) is 0 Å². The highest BCUT2D eigenvalue weighted by Gasteiger charge is 2.51. The van der Waals surface area contributed by atoms with Crippen LogP contribution in [-0.2, 0) is 0 Å². The molecule has 0 amide bonds. The van der Waals surface area contributed by atoms with Gasteiger partial charge in [-0.3, -0.25) is 0 Å². The van der Waals surface area contributed by atoms with Gasteiger partial charge in [-0.1, -0.05) is 43.7 Å². The van der Waals surface area contributed by atoms with E-state index in [2.05, 4.69) is 32.6 Å². The summed E-state index contributed by atoms with van der Waals surface area (Å²) >= 11 is 0. The highest BCUT2D eigenvalue weighted by molar-refractivity contribution is 5.36.